The van der Waals surface area contributed by atoms with Gasteiger partial charge in [-0.15, -0.1) is 0 Å². The Hall–Kier alpha value is -2.33. The lowest BCUT2D eigenvalue weighted by atomic mass is 10.0. The fourth-order valence-corrected chi connectivity index (χ4v) is 2.57. The van der Waals surface area contributed by atoms with E-state index in [-0.39, 0.29) is 12.1 Å². The summed E-state index contributed by atoms with van der Waals surface area (Å²) in [6, 6.07) is 16.0. The Balaban J connectivity index is 1.91. The summed E-state index contributed by atoms with van der Waals surface area (Å²) >= 11 is 0. The molecule has 0 saturated carbocycles. The second kappa shape index (κ2) is 5.58. The lowest BCUT2D eigenvalue weighted by molar-refractivity contribution is 0.411. The van der Waals surface area contributed by atoms with Gasteiger partial charge in [0.1, 0.15) is 5.75 Å². The van der Waals surface area contributed by atoms with E-state index in [2.05, 4.69) is 24.2 Å². The van der Waals surface area contributed by atoms with Crippen molar-refractivity contribution in [2.75, 3.05) is 7.11 Å². The van der Waals surface area contributed by atoms with Crippen molar-refractivity contribution in [3.63, 3.8) is 0 Å². The second-order valence-electron chi connectivity index (χ2n) is 5.19. The summed E-state index contributed by atoms with van der Waals surface area (Å²) < 4.78 is 7.17. The maximum atomic E-state index is 6.41. The van der Waals surface area contributed by atoms with Gasteiger partial charge in [-0.05, 0) is 30.7 Å². The highest BCUT2D eigenvalue weighted by molar-refractivity contribution is 5.78. The largest absolute Gasteiger partial charge is 0.497 e. The number of hydrogen-bond donors (Lipinski definition) is 1. The number of para-hydroxylation sites is 1. The second-order valence-corrected chi connectivity index (χ2v) is 5.19. The first-order chi connectivity index (χ1) is 10.2. The van der Waals surface area contributed by atoms with E-state index in [9.17, 15) is 0 Å². The Kier molecular flexibility index (Phi) is 3.62. The van der Waals surface area contributed by atoms with Gasteiger partial charge in [0, 0.05) is 5.39 Å². The van der Waals surface area contributed by atoms with Crippen molar-refractivity contribution in [2.45, 2.75) is 19.0 Å². The van der Waals surface area contributed by atoms with Crippen LogP contribution in [0.15, 0.2) is 54.7 Å². The SMILES string of the molecule is COc1ccc(C(N)C(C)n2ncc3ccccc32)cc1. The zero-order valence-electron chi connectivity index (χ0n) is 12.2. The molecule has 2 unspecified atom stereocenters. The first-order valence-electron chi connectivity index (χ1n) is 7.02. The molecule has 0 aliphatic heterocycles. The number of nitrogens with zero attached hydrogens (tertiary/aromatic N) is 2. The number of fused-ring (bicyclic) bond motifs is 1. The molecular formula is C17H19N3O. The summed E-state index contributed by atoms with van der Waals surface area (Å²) in [6.07, 6.45) is 1.88. The Labute approximate surface area is 124 Å². The molecule has 1 aromatic heterocycles. The molecule has 0 aliphatic carbocycles. The molecule has 2 N–H and O–H groups in total. The van der Waals surface area contributed by atoms with Gasteiger partial charge in [0.05, 0.1) is 30.9 Å². The predicted octanol–water partition coefficient (Wildman–Crippen LogP) is 3.31. The van der Waals surface area contributed by atoms with Gasteiger partial charge in [0.25, 0.3) is 0 Å². The molecule has 0 aliphatic rings. The molecule has 0 fully saturated rings. The molecule has 4 nitrogen and oxygen atoms in total. The lowest BCUT2D eigenvalue weighted by Gasteiger charge is -2.22. The maximum absolute atomic E-state index is 6.41. The molecule has 0 radical (unpaired) electrons. The Morgan fingerprint density at radius 2 is 1.81 bits per heavy atom. The van der Waals surface area contributed by atoms with E-state index < -0.39 is 0 Å². The smallest absolute Gasteiger partial charge is 0.118 e. The molecule has 108 valence electrons. The summed E-state index contributed by atoms with van der Waals surface area (Å²) in [5.74, 6) is 0.836. The third-order valence-electron chi connectivity index (χ3n) is 3.91. The number of nitrogens with two attached hydrogens (primary N) is 1. The first kappa shape index (κ1) is 13.6. The van der Waals surface area contributed by atoms with Gasteiger partial charge in [-0.3, -0.25) is 4.68 Å². The van der Waals surface area contributed by atoms with Crippen molar-refractivity contribution >= 4 is 10.9 Å². The number of ether oxygens (including phenoxy) is 1. The van der Waals surface area contributed by atoms with E-state index in [4.69, 9.17) is 10.5 Å². The van der Waals surface area contributed by atoms with Crippen molar-refractivity contribution < 1.29 is 4.74 Å². The number of rotatable bonds is 4. The molecular weight excluding hydrogens is 262 g/mol. The lowest BCUT2D eigenvalue weighted by Crippen LogP contribution is -2.23. The van der Waals surface area contributed by atoms with Crippen LogP contribution < -0.4 is 10.5 Å². The van der Waals surface area contributed by atoms with Gasteiger partial charge in [-0.1, -0.05) is 30.3 Å². The van der Waals surface area contributed by atoms with Crippen LogP contribution in [-0.4, -0.2) is 16.9 Å². The molecule has 3 aromatic rings. The minimum absolute atomic E-state index is 0.0679. The first-order valence-corrected chi connectivity index (χ1v) is 7.02. The molecule has 1 heterocycles. The van der Waals surface area contributed by atoms with E-state index in [1.807, 2.05) is 47.3 Å². The molecule has 0 amide bonds. The summed E-state index contributed by atoms with van der Waals surface area (Å²) in [5, 5.41) is 5.62. The van der Waals surface area contributed by atoms with Gasteiger partial charge in [-0.2, -0.15) is 5.10 Å². The third kappa shape index (κ3) is 2.50. The number of methoxy groups -OCH3 is 1. The van der Waals surface area contributed by atoms with Crippen molar-refractivity contribution in [3.05, 3.63) is 60.3 Å². The van der Waals surface area contributed by atoms with Crippen LogP contribution >= 0.6 is 0 Å². The summed E-state index contributed by atoms with van der Waals surface area (Å²) in [5.41, 5.74) is 8.59. The molecule has 3 rings (SSSR count). The summed E-state index contributed by atoms with van der Waals surface area (Å²) in [6.45, 7) is 2.09. The minimum atomic E-state index is -0.126. The van der Waals surface area contributed by atoms with Gasteiger partial charge >= 0.3 is 0 Å². The maximum Gasteiger partial charge on any atom is 0.118 e. The molecule has 2 aromatic carbocycles. The molecule has 0 bridgehead atoms. The fraction of sp³-hybridized carbons (Fsp3) is 0.235. The topological polar surface area (TPSA) is 53.1 Å². The molecule has 4 heteroatoms. The van der Waals surface area contributed by atoms with Crippen molar-refractivity contribution in [2.24, 2.45) is 5.73 Å². The fourth-order valence-electron chi connectivity index (χ4n) is 2.57. The van der Waals surface area contributed by atoms with Crippen LogP contribution in [0.5, 0.6) is 5.75 Å². The zero-order valence-corrected chi connectivity index (χ0v) is 12.2. The van der Waals surface area contributed by atoms with Crippen LogP contribution in [-0.2, 0) is 0 Å². The molecule has 0 spiro atoms. The van der Waals surface area contributed by atoms with Crippen LogP contribution in [0.4, 0.5) is 0 Å². The van der Waals surface area contributed by atoms with Gasteiger partial charge in [0.15, 0.2) is 0 Å². The van der Waals surface area contributed by atoms with Crippen LogP contribution in [0.3, 0.4) is 0 Å². The average molecular weight is 281 g/mol. The van der Waals surface area contributed by atoms with Crippen LogP contribution in [0.1, 0.15) is 24.6 Å². The van der Waals surface area contributed by atoms with Gasteiger partial charge in [0.2, 0.25) is 0 Å². The average Bonchev–Trinajstić information content (AvgIpc) is 2.97. The third-order valence-corrected chi connectivity index (χ3v) is 3.91. The van der Waals surface area contributed by atoms with E-state index in [1.54, 1.807) is 7.11 Å². The number of benzene rings is 2. The van der Waals surface area contributed by atoms with Crippen LogP contribution in [0.2, 0.25) is 0 Å². The van der Waals surface area contributed by atoms with Crippen molar-refractivity contribution in [1.29, 1.82) is 0 Å². The number of aromatic nitrogens is 2. The highest BCUT2D eigenvalue weighted by Gasteiger charge is 2.19. The van der Waals surface area contributed by atoms with Crippen LogP contribution in [0, 0.1) is 0 Å². The minimum Gasteiger partial charge on any atom is -0.497 e. The van der Waals surface area contributed by atoms with E-state index in [0.29, 0.717) is 0 Å². The molecule has 0 saturated heterocycles. The Morgan fingerprint density at radius 3 is 2.52 bits per heavy atom. The van der Waals surface area contributed by atoms with Gasteiger partial charge < -0.3 is 10.5 Å². The normalized spacial score (nSPS) is 14.0. The Morgan fingerprint density at radius 1 is 1.10 bits per heavy atom. The van der Waals surface area contributed by atoms with Crippen LogP contribution in [0.25, 0.3) is 10.9 Å². The summed E-state index contributed by atoms with van der Waals surface area (Å²) in [4.78, 5) is 0. The van der Waals surface area contributed by atoms with E-state index >= 15 is 0 Å². The summed E-state index contributed by atoms with van der Waals surface area (Å²) in [7, 11) is 1.66. The zero-order chi connectivity index (χ0) is 14.8. The molecule has 2 atom stereocenters. The van der Waals surface area contributed by atoms with Crippen molar-refractivity contribution in [3.8, 4) is 5.75 Å². The molecule has 21 heavy (non-hydrogen) atoms. The highest BCUT2D eigenvalue weighted by atomic mass is 16.5. The predicted molar refractivity (Wildman–Crippen MR) is 84.4 cm³/mol. The van der Waals surface area contributed by atoms with Gasteiger partial charge in [-0.25, -0.2) is 0 Å². The standard InChI is InChI=1S/C17H19N3O/c1-12(17(18)13-7-9-15(21-2)10-8-13)20-16-6-4-3-5-14(16)11-19-20/h3-12,17H,18H2,1-2H3. The highest BCUT2D eigenvalue weighted by Crippen LogP contribution is 2.27. The number of hydrogen-bond acceptors (Lipinski definition) is 3. The Bertz CT molecular complexity index is 733. The monoisotopic (exact) mass is 281 g/mol. The quantitative estimate of drug-likeness (QED) is 0.798. The van der Waals surface area contributed by atoms with E-state index in [1.165, 1.54) is 0 Å². The van der Waals surface area contributed by atoms with Crippen molar-refractivity contribution in [1.82, 2.24) is 9.78 Å². The van der Waals surface area contributed by atoms with E-state index in [0.717, 1.165) is 22.2 Å².